The van der Waals surface area contributed by atoms with Gasteiger partial charge in [-0.05, 0) is 24.0 Å². The molecule has 0 aliphatic carbocycles. The molecule has 3 rings (SSSR count). The molecule has 0 bridgehead atoms. The Labute approximate surface area is 141 Å². The van der Waals surface area contributed by atoms with Crippen molar-refractivity contribution in [1.82, 2.24) is 14.8 Å². The van der Waals surface area contributed by atoms with Crippen molar-refractivity contribution in [2.75, 3.05) is 39.0 Å². The first kappa shape index (κ1) is 16.0. The van der Waals surface area contributed by atoms with E-state index in [0.29, 0.717) is 0 Å². The van der Waals surface area contributed by atoms with Gasteiger partial charge in [0.05, 0.1) is 11.2 Å². The van der Waals surface area contributed by atoms with Gasteiger partial charge in [-0.1, -0.05) is 12.1 Å². The van der Waals surface area contributed by atoms with Gasteiger partial charge >= 0.3 is 0 Å². The second-order valence-corrected chi connectivity index (χ2v) is 7.29. The fourth-order valence-corrected chi connectivity index (χ4v) is 3.79. The molecule has 118 valence electrons. The Kier molecular flexibility index (Phi) is 5.89. The molecule has 0 N–H and O–H groups in total. The van der Waals surface area contributed by atoms with Gasteiger partial charge in [0.15, 0.2) is 0 Å². The third-order valence-corrected chi connectivity index (χ3v) is 5.58. The topological polar surface area (TPSA) is 19.4 Å². The van der Waals surface area contributed by atoms with Crippen molar-refractivity contribution in [1.29, 1.82) is 0 Å². The minimum Gasteiger partial charge on any atom is -0.300 e. The van der Waals surface area contributed by atoms with Crippen LogP contribution < -0.4 is 0 Å². The summed E-state index contributed by atoms with van der Waals surface area (Å²) >= 11 is 3.49. The van der Waals surface area contributed by atoms with Crippen LogP contribution in [0.5, 0.6) is 0 Å². The molecule has 0 atom stereocenters. The van der Waals surface area contributed by atoms with Crippen LogP contribution in [0.25, 0.3) is 0 Å². The van der Waals surface area contributed by atoms with Crippen LogP contribution in [-0.4, -0.2) is 53.8 Å². The van der Waals surface area contributed by atoms with Crippen molar-refractivity contribution in [3.05, 3.63) is 46.4 Å². The highest BCUT2D eigenvalue weighted by molar-refractivity contribution is 7.98. The van der Waals surface area contributed by atoms with Crippen LogP contribution >= 0.6 is 23.1 Å². The molecular weight excluding hydrogens is 310 g/mol. The zero-order valence-electron chi connectivity index (χ0n) is 13.1. The molecule has 1 aliphatic heterocycles. The predicted molar refractivity (Wildman–Crippen MR) is 95.8 cm³/mol. The quantitative estimate of drug-likeness (QED) is 0.756. The van der Waals surface area contributed by atoms with Gasteiger partial charge in [-0.2, -0.15) is 0 Å². The van der Waals surface area contributed by atoms with E-state index in [1.165, 1.54) is 42.3 Å². The molecule has 1 aromatic carbocycles. The van der Waals surface area contributed by atoms with Gasteiger partial charge in [-0.3, -0.25) is 4.90 Å². The van der Waals surface area contributed by atoms with E-state index in [4.69, 9.17) is 0 Å². The Morgan fingerprint density at radius 3 is 2.45 bits per heavy atom. The maximum Gasteiger partial charge on any atom is 0.0794 e. The SMILES string of the molecule is CSc1ccc(CN2CCN(CCc3cscn3)CC2)cc1. The Balaban J connectivity index is 1.41. The molecule has 1 aliphatic rings. The van der Waals surface area contributed by atoms with Crippen LogP contribution in [0.2, 0.25) is 0 Å². The third-order valence-electron chi connectivity index (χ3n) is 4.20. The number of piperazine rings is 1. The van der Waals surface area contributed by atoms with Crippen LogP contribution in [0.3, 0.4) is 0 Å². The molecule has 0 unspecified atom stereocenters. The average Bonchev–Trinajstić information content (AvgIpc) is 3.08. The number of hydrogen-bond acceptors (Lipinski definition) is 5. The molecule has 0 spiro atoms. The molecule has 1 saturated heterocycles. The van der Waals surface area contributed by atoms with E-state index in [1.807, 2.05) is 5.51 Å². The lowest BCUT2D eigenvalue weighted by molar-refractivity contribution is 0.128. The zero-order valence-corrected chi connectivity index (χ0v) is 14.7. The molecule has 2 heterocycles. The molecular formula is C17H23N3S2. The summed E-state index contributed by atoms with van der Waals surface area (Å²) in [5.74, 6) is 0. The summed E-state index contributed by atoms with van der Waals surface area (Å²) in [7, 11) is 0. The van der Waals surface area contributed by atoms with Crippen LogP contribution in [0.4, 0.5) is 0 Å². The number of hydrogen-bond donors (Lipinski definition) is 0. The molecule has 0 radical (unpaired) electrons. The monoisotopic (exact) mass is 333 g/mol. The molecule has 1 fully saturated rings. The maximum absolute atomic E-state index is 4.37. The lowest BCUT2D eigenvalue weighted by Crippen LogP contribution is -2.46. The minimum absolute atomic E-state index is 1.08. The molecule has 0 amide bonds. The lowest BCUT2D eigenvalue weighted by Gasteiger charge is -2.34. The van der Waals surface area contributed by atoms with Gasteiger partial charge in [0.25, 0.3) is 0 Å². The fourth-order valence-electron chi connectivity index (χ4n) is 2.79. The Hall–Kier alpha value is -0.880. The van der Waals surface area contributed by atoms with Gasteiger partial charge in [0, 0.05) is 56.0 Å². The van der Waals surface area contributed by atoms with E-state index in [2.05, 4.69) is 50.7 Å². The van der Waals surface area contributed by atoms with E-state index in [9.17, 15) is 0 Å². The fraction of sp³-hybridized carbons (Fsp3) is 0.471. The van der Waals surface area contributed by atoms with Gasteiger partial charge in [0.2, 0.25) is 0 Å². The molecule has 2 aromatic rings. The van der Waals surface area contributed by atoms with Crippen molar-refractivity contribution in [2.45, 2.75) is 17.9 Å². The van der Waals surface area contributed by atoms with Crippen LogP contribution in [0.15, 0.2) is 40.1 Å². The summed E-state index contributed by atoms with van der Waals surface area (Å²) in [6, 6.07) is 8.98. The van der Waals surface area contributed by atoms with Crippen molar-refractivity contribution in [3.63, 3.8) is 0 Å². The smallest absolute Gasteiger partial charge is 0.0794 e. The van der Waals surface area contributed by atoms with Gasteiger partial charge in [-0.15, -0.1) is 23.1 Å². The first-order valence-electron chi connectivity index (χ1n) is 7.78. The summed E-state index contributed by atoms with van der Waals surface area (Å²) in [5.41, 5.74) is 4.59. The number of nitrogens with zero attached hydrogens (tertiary/aromatic N) is 3. The number of aromatic nitrogens is 1. The van der Waals surface area contributed by atoms with Crippen LogP contribution in [0, 0.1) is 0 Å². The van der Waals surface area contributed by atoms with Crippen LogP contribution in [-0.2, 0) is 13.0 Å². The highest BCUT2D eigenvalue weighted by Crippen LogP contribution is 2.16. The number of thiazole rings is 1. The Morgan fingerprint density at radius 2 is 1.82 bits per heavy atom. The van der Waals surface area contributed by atoms with Crippen LogP contribution in [0.1, 0.15) is 11.3 Å². The van der Waals surface area contributed by atoms with Gasteiger partial charge in [-0.25, -0.2) is 4.98 Å². The molecule has 3 nitrogen and oxygen atoms in total. The van der Waals surface area contributed by atoms with E-state index < -0.39 is 0 Å². The normalized spacial score (nSPS) is 17.0. The Morgan fingerprint density at radius 1 is 1.09 bits per heavy atom. The van der Waals surface area contributed by atoms with E-state index >= 15 is 0 Å². The lowest BCUT2D eigenvalue weighted by atomic mass is 10.2. The second-order valence-electron chi connectivity index (χ2n) is 5.70. The summed E-state index contributed by atoms with van der Waals surface area (Å²) < 4.78 is 0. The zero-order chi connectivity index (χ0) is 15.2. The first-order valence-corrected chi connectivity index (χ1v) is 9.95. The summed E-state index contributed by atoms with van der Waals surface area (Å²) in [4.78, 5) is 10.8. The molecule has 0 saturated carbocycles. The molecule has 1 aromatic heterocycles. The predicted octanol–water partition coefficient (Wildman–Crippen LogP) is 3.23. The van der Waals surface area contributed by atoms with Gasteiger partial charge in [0.1, 0.15) is 0 Å². The molecule has 5 heteroatoms. The van der Waals surface area contributed by atoms with E-state index in [-0.39, 0.29) is 0 Å². The summed E-state index contributed by atoms with van der Waals surface area (Å²) in [6.45, 7) is 6.90. The van der Waals surface area contributed by atoms with Crippen molar-refractivity contribution < 1.29 is 0 Å². The number of thioether (sulfide) groups is 1. The first-order chi connectivity index (χ1) is 10.8. The van der Waals surface area contributed by atoms with Crippen molar-refractivity contribution in [3.8, 4) is 0 Å². The Bertz CT molecular complexity index is 546. The molecule has 22 heavy (non-hydrogen) atoms. The maximum atomic E-state index is 4.37. The highest BCUT2D eigenvalue weighted by Gasteiger charge is 2.16. The number of rotatable bonds is 6. The largest absolute Gasteiger partial charge is 0.300 e. The number of benzene rings is 1. The van der Waals surface area contributed by atoms with E-state index in [0.717, 1.165) is 19.5 Å². The standard InChI is InChI=1S/C17H23N3S2/c1-21-17-4-2-15(3-5-17)12-20-10-8-19(9-11-20)7-6-16-13-22-14-18-16/h2-5,13-14H,6-12H2,1H3. The summed E-state index contributed by atoms with van der Waals surface area (Å²) in [6.07, 6.45) is 3.21. The van der Waals surface area contributed by atoms with Crippen molar-refractivity contribution >= 4 is 23.1 Å². The van der Waals surface area contributed by atoms with Gasteiger partial charge < -0.3 is 4.90 Å². The average molecular weight is 334 g/mol. The highest BCUT2D eigenvalue weighted by atomic mass is 32.2. The summed E-state index contributed by atoms with van der Waals surface area (Å²) in [5, 5.41) is 2.16. The minimum atomic E-state index is 1.08. The second kappa shape index (κ2) is 8.11. The van der Waals surface area contributed by atoms with Crippen molar-refractivity contribution in [2.24, 2.45) is 0 Å². The third kappa shape index (κ3) is 4.56. The van der Waals surface area contributed by atoms with E-state index in [1.54, 1.807) is 23.1 Å².